The molecule has 0 radical (unpaired) electrons. The molecule has 1 saturated carbocycles. The minimum atomic E-state index is -0.0730. The average molecular weight is 229 g/mol. The highest BCUT2D eigenvalue weighted by molar-refractivity contribution is 7.99. The molecule has 0 aromatic rings. The van der Waals surface area contributed by atoms with Crippen molar-refractivity contribution in [3.8, 4) is 0 Å². The highest BCUT2D eigenvalue weighted by Crippen LogP contribution is 2.28. The first-order chi connectivity index (χ1) is 7.34. The summed E-state index contributed by atoms with van der Waals surface area (Å²) in [6.45, 7) is 3.26. The van der Waals surface area contributed by atoms with Gasteiger partial charge in [-0.15, -0.1) is 0 Å². The second-order valence-electron chi connectivity index (χ2n) is 4.95. The van der Waals surface area contributed by atoms with Gasteiger partial charge in [-0.3, -0.25) is 4.90 Å². The van der Waals surface area contributed by atoms with Crippen LogP contribution in [0, 0.1) is 5.92 Å². The van der Waals surface area contributed by atoms with Crippen LogP contribution in [-0.4, -0.2) is 47.3 Å². The maximum absolute atomic E-state index is 10.0. The lowest BCUT2D eigenvalue weighted by atomic mass is 10.00. The van der Waals surface area contributed by atoms with E-state index in [9.17, 15) is 5.11 Å². The van der Waals surface area contributed by atoms with Gasteiger partial charge in [0.15, 0.2) is 0 Å². The van der Waals surface area contributed by atoms with Crippen LogP contribution >= 0.6 is 11.8 Å². The van der Waals surface area contributed by atoms with E-state index in [2.05, 4.69) is 4.90 Å². The molecule has 1 saturated heterocycles. The molecule has 1 unspecified atom stereocenters. The van der Waals surface area contributed by atoms with Crippen LogP contribution < -0.4 is 0 Å². The Kier molecular flexibility index (Phi) is 4.79. The Morgan fingerprint density at radius 3 is 2.53 bits per heavy atom. The maximum Gasteiger partial charge on any atom is 0.0669 e. The number of rotatable bonds is 4. The van der Waals surface area contributed by atoms with E-state index in [1.165, 1.54) is 50.3 Å². The SMILES string of the molecule is OC(CC1CCCC1)CN1CCSCC1. The van der Waals surface area contributed by atoms with E-state index in [-0.39, 0.29) is 6.10 Å². The van der Waals surface area contributed by atoms with Gasteiger partial charge in [0.25, 0.3) is 0 Å². The predicted molar refractivity (Wildman–Crippen MR) is 66.3 cm³/mol. The molecule has 1 aliphatic heterocycles. The van der Waals surface area contributed by atoms with Crippen LogP contribution in [-0.2, 0) is 0 Å². The Labute approximate surface area is 97.4 Å². The van der Waals surface area contributed by atoms with Crippen molar-refractivity contribution in [1.82, 2.24) is 4.90 Å². The first-order valence-corrected chi connectivity index (χ1v) is 7.48. The Balaban J connectivity index is 1.64. The van der Waals surface area contributed by atoms with Gasteiger partial charge in [0.05, 0.1) is 6.10 Å². The summed E-state index contributed by atoms with van der Waals surface area (Å²) >= 11 is 2.04. The van der Waals surface area contributed by atoms with E-state index in [4.69, 9.17) is 0 Å². The van der Waals surface area contributed by atoms with Crippen molar-refractivity contribution in [2.45, 2.75) is 38.2 Å². The Bertz CT molecular complexity index is 176. The molecule has 2 nitrogen and oxygen atoms in total. The number of aliphatic hydroxyl groups is 1. The van der Waals surface area contributed by atoms with Crippen molar-refractivity contribution >= 4 is 11.8 Å². The summed E-state index contributed by atoms with van der Waals surface area (Å²) in [6.07, 6.45) is 6.45. The number of hydrogen-bond acceptors (Lipinski definition) is 3. The fourth-order valence-corrected chi connectivity index (χ4v) is 3.77. The smallest absolute Gasteiger partial charge is 0.0669 e. The molecule has 0 amide bonds. The Hall–Kier alpha value is 0.270. The molecule has 2 rings (SSSR count). The number of aliphatic hydroxyl groups excluding tert-OH is 1. The van der Waals surface area contributed by atoms with Crippen molar-refractivity contribution < 1.29 is 5.11 Å². The molecule has 1 aliphatic carbocycles. The van der Waals surface area contributed by atoms with Crippen LogP contribution in [0.4, 0.5) is 0 Å². The molecule has 0 spiro atoms. The molecule has 1 heterocycles. The van der Waals surface area contributed by atoms with E-state index in [0.717, 1.165) is 18.9 Å². The highest BCUT2D eigenvalue weighted by Gasteiger charge is 2.21. The quantitative estimate of drug-likeness (QED) is 0.797. The summed E-state index contributed by atoms with van der Waals surface area (Å²) in [5.74, 6) is 3.31. The molecule has 3 heteroatoms. The van der Waals surface area contributed by atoms with Gasteiger partial charge in [-0.1, -0.05) is 25.7 Å². The molecule has 15 heavy (non-hydrogen) atoms. The fraction of sp³-hybridized carbons (Fsp3) is 1.00. The molecule has 0 bridgehead atoms. The van der Waals surface area contributed by atoms with Crippen LogP contribution in [0.15, 0.2) is 0 Å². The molecule has 1 N–H and O–H groups in total. The van der Waals surface area contributed by atoms with Gasteiger partial charge in [0, 0.05) is 31.1 Å². The first kappa shape index (κ1) is 11.7. The van der Waals surface area contributed by atoms with E-state index in [0.29, 0.717) is 0 Å². The maximum atomic E-state index is 10.0. The Morgan fingerprint density at radius 2 is 1.87 bits per heavy atom. The zero-order chi connectivity index (χ0) is 10.5. The first-order valence-electron chi connectivity index (χ1n) is 6.33. The van der Waals surface area contributed by atoms with Crippen molar-refractivity contribution in [3.05, 3.63) is 0 Å². The lowest BCUT2D eigenvalue weighted by Crippen LogP contribution is -2.38. The van der Waals surface area contributed by atoms with Gasteiger partial charge >= 0.3 is 0 Å². The van der Waals surface area contributed by atoms with Crippen molar-refractivity contribution in [3.63, 3.8) is 0 Å². The topological polar surface area (TPSA) is 23.5 Å². The van der Waals surface area contributed by atoms with Crippen LogP contribution in [0.2, 0.25) is 0 Å². The molecular weight excluding hydrogens is 206 g/mol. The van der Waals surface area contributed by atoms with Gasteiger partial charge in [-0.25, -0.2) is 0 Å². The zero-order valence-electron chi connectivity index (χ0n) is 9.53. The van der Waals surface area contributed by atoms with Crippen molar-refractivity contribution in [2.75, 3.05) is 31.1 Å². The van der Waals surface area contributed by atoms with Gasteiger partial charge < -0.3 is 5.11 Å². The number of thioether (sulfide) groups is 1. The lowest BCUT2D eigenvalue weighted by molar-refractivity contribution is 0.0956. The van der Waals surface area contributed by atoms with E-state index < -0.39 is 0 Å². The van der Waals surface area contributed by atoms with Crippen LogP contribution in [0.3, 0.4) is 0 Å². The lowest BCUT2D eigenvalue weighted by Gasteiger charge is -2.29. The number of β-amino-alcohol motifs (C(OH)–C–C–N with tert-alkyl or cyclic N) is 1. The van der Waals surface area contributed by atoms with Gasteiger partial charge in [-0.05, 0) is 12.3 Å². The minimum absolute atomic E-state index is 0.0730. The molecule has 2 fully saturated rings. The summed E-state index contributed by atoms with van der Waals surface area (Å²) in [7, 11) is 0. The van der Waals surface area contributed by atoms with Gasteiger partial charge in [0.2, 0.25) is 0 Å². The van der Waals surface area contributed by atoms with Crippen LogP contribution in [0.1, 0.15) is 32.1 Å². The molecule has 88 valence electrons. The molecular formula is C12H23NOS. The third kappa shape index (κ3) is 3.97. The second kappa shape index (κ2) is 6.12. The predicted octanol–water partition coefficient (Wildman–Crippen LogP) is 1.98. The number of nitrogens with zero attached hydrogens (tertiary/aromatic N) is 1. The zero-order valence-corrected chi connectivity index (χ0v) is 10.3. The average Bonchev–Trinajstić information content (AvgIpc) is 2.71. The van der Waals surface area contributed by atoms with Gasteiger partial charge in [-0.2, -0.15) is 11.8 Å². The fourth-order valence-electron chi connectivity index (χ4n) is 2.79. The summed E-state index contributed by atoms with van der Waals surface area (Å²) < 4.78 is 0. The standard InChI is InChI=1S/C12H23NOS/c14-12(9-11-3-1-2-4-11)10-13-5-7-15-8-6-13/h11-12,14H,1-10H2. The second-order valence-corrected chi connectivity index (χ2v) is 6.18. The summed E-state index contributed by atoms with van der Waals surface area (Å²) in [5.41, 5.74) is 0. The van der Waals surface area contributed by atoms with E-state index >= 15 is 0 Å². The van der Waals surface area contributed by atoms with Crippen LogP contribution in [0.25, 0.3) is 0 Å². The van der Waals surface area contributed by atoms with Crippen molar-refractivity contribution in [2.24, 2.45) is 5.92 Å². The third-order valence-corrected chi connectivity index (χ3v) is 4.60. The summed E-state index contributed by atoms with van der Waals surface area (Å²) in [4.78, 5) is 2.43. The van der Waals surface area contributed by atoms with Crippen LogP contribution in [0.5, 0.6) is 0 Å². The molecule has 0 aromatic heterocycles. The molecule has 2 aliphatic rings. The van der Waals surface area contributed by atoms with E-state index in [1.807, 2.05) is 11.8 Å². The van der Waals surface area contributed by atoms with Gasteiger partial charge in [0.1, 0.15) is 0 Å². The Morgan fingerprint density at radius 1 is 1.20 bits per heavy atom. The minimum Gasteiger partial charge on any atom is -0.392 e. The third-order valence-electron chi connectivity index (χ3n) is 3.65. The normalized spacial score (nSPS) is 27.0. The summed E-state index contributed by atoms with van der Waals surface area (Å²) in [6, 6.07) is 0. The highest BCUT2D eigenvalue weighted by atomic mass is 32.2. The monoisotopic (exact) mass is 229 g/mol. The summed E-state index contributed by atoms with van der Waals surface area (Å²) in [5, 5.41) is 10.0. The largest absolute Gasteiger partial charge is 0.392 e. The molecule has 0 aromatic carbocycles. The number of hydrogen-bond donors (Lipinski definition) is 1. The molecule has 1 atom stereocenters. The van der Waals surface area contributed by atoms with E-state index in [1.54, 1.807) is 0 Å². The van der Waals surface area contributed by atoms with Crippen molar-refractivity contribution in [1.29, 1.82) is 0 Å².